The molecule has 3 N–H and O–H groups in total. The molecule has 4 atom stereocenters. The smallest absolute Gasteiger partial charge is 0.293 e. The van der Waals surface area contributed by atoms with Gasteiger partial charge in [-0.2, -0.15) is 4.98 Å². The molecule has 1 spiro atoms. The molecule has 0 radical (unpaired) electrons. The van der Waals surface area contributed by atoms with Crippen LogP contribution in [0.25, 0.3) is 11.0 Å². The van der Waals surface area contributed by atoms with E-state index in [0.29, 0.717) is 87.2 Å². The number of pyridine rings is 1. The minimum absolute atomic E-state index is 0.107. The molecule has 436 valence electrons. The molecule has 20 heteroatoms. The minimum Gasteiger partial charge on any atom is -0.468 e. The lowest BCUT2D eigenvalue weighted by molar-refractivity contribution is -0.384. The Bertz CT molecular complexity index is 3240. The largest absolute Gasteiger partial charge is 0.468 e. The average molecular weight is 1150 g/mol. The van der Waals surface area contributed by atoms with Gasteiger partial charge >= 0.3 is 0 Å². The first-order valence-corrected chi connectivity index (χ1v) is 34.6. The fraction of sp³-hybridized carbons (Fsp3) is 0.574. The van der Waals surface area contributed by atoms with Gasteiger partial charge in [0.05, 0.1) is 58.6 Å². The van der Waals surface area contributed by atoms with Crippen molar-refractivity contribution in [2.45, 2.75) is 165 Å². The number of fused-ring (bicyclic) bond motifs is 3. The van der Waals surface area contributed by atoms with Crippen LogP contribution in [0.5, 0.6) is 5.88 Å². The Hall–Kier alpha value is -5.61. The fourth-order valence-corrected chi connectivity index (χ4v) is 15.5. The predicted octanol–water partition coefficient (Wildman–Crippen LogP) is 10.8. The molecule has 4 aliphatic heterocycles. The van der Waals surface area contributed by atoms with Gasteiger partial charge < -0.3 is 43.7 Å². The summed E-state index contributed by atoms with van der Waals surface area (Å²) in [5, 5.41) is 27.0. The Morgan fingerprint density at radius 3 is 2.48 bits per heavy atom. The zero-order valence-electron chi connectivity index (χ0n) is 48.2. The second kappa shape index (κ2) is 22.9. The summed E-state index contributed by atoms with van der Waals surface area (Å²) in [5.74, 6) is 0.0838. The van der Waals surface area contributed by atoms with Crippen LogP contribution in [0.2, 0.25) is 25.7 Å². The number of hydrogen-bond donors (Lipinski definition) is 3. The van der Waals surface area contributed by atoms with Crippen molar-refractivity contribution in [2.75, 3.05) is 67.8 Å². The Morgan fingerprint density at radius 2 is 1.73 bits per heavy atom. The van der Waals surface area contributed by atoms with E-state index < -0.39 is 51.2 Å². The van der Waals surface area contributed by atoms with E-state index in [0.717, 1.165) is 81.4 Å². The zero-order chi connectivity index (χ0) is 57.0. The van der Waals surface area contributed by atoms with Crippen LogP contribution < -0.4 is 24.6 Å². The molecule has 5 aromatic rings. The summed E-state index contributed by atoms with van der Waals surface area (Å²) in [6.45, 7) is 20.9. The first-order chi connectivity index (χ1) is 38.6. The molecule has 3 aromatic carbocycles. The number of anilines is 4. The highest BCUT2D eigenvalue weighted by molar-refractivity contribution is 7.90. The molecule has 11 rings (SSSR count). The normalized spacial score (nSPS) is 27.1. The number of nitro groups is 1. The quantitative estimate of drug-likeness (QED) is 0.0343. The lowest BCUT2D eigenvalue weighted by Crippen LogP contribution is -2.59. The Morgan fingerprint density at radius 1 is 0.951 bits per heavy atom. The number of carbonyl (C=O) groups is 1. The van der Waals surface area contributed by atoms with Gasteiger partial charge in [-0.25, -0.2) is 13.1 Å². The highest BCUT2D eigenvalue weighted by atomic mass is 32.2. The van der Waals surface area contributed by atoms with E-state index in [1.54, 1.807) is 6.07 Å². The molecule has 5 fully saturated rings. The van der Waals surface area contributed by atoms with E-state index in [1.807, 2.05) is 42.0 Å². The lowest BCUT2D eigenvalue weighted by Gasteiger charge is -2.59. The lowest BCUT2D eigenvalue weighted by atomic mass is 9.58. The van der Waals surface area contributed by atoms with Crippen LogP contribution in [0, 0.1) is 21.4 Å². The van der Waals surface area contributed by atoms with E-state index in [9.17, 15) is 28.4 Å². The number of carbonyl (C=O) groups excluding carboxylic acids is 1. The number of aliphatic hydroxyl groups is 1. The molecule has 6 heterocycles. The summed E-state index contributed by atoms with van der Waals surface area (Å²) >= 11 is 0. The van der Waals surface area contributed by atoms with Crippen LogP contribution in [-0.4, -0.2) is 129 Å². The van der Waals surface area contributed by atoms with Crippen LogP contribution in [-0.2, 0) is 31.0 Å². The minimum atomic E-state index is -4.66. The summed E-state index contributed by atoms with van der Waals surface area (Å²) in [6, 6.07) is 23.8. The fourth-order valence-electron chi connectivity index (χ4n) is 13.8. The predicted molar refractivity (Wildman–Crippen MR) is 317 cm³/mol. The number of sulfonamides is 1. The molecule has 2 aromatic heterocycles. The highest BCUT2D eigenvalue weighted by Gasteiger charge is 2.51. The van der Waals surface area contributed by atoms with Crippen molar-refractivity contribution in [3.8, 4) is 5.88 Å². The molecule has 1 unspecified atom stereocenters. The van der Waals surface area contributed by atoms with Gasteiger partial charge in [0.2, 0.25) is 5.88 Å². The van der Waals surface area contributed by atoms with Gasteiger partial charge in [-0.1, -0.05) is 57.8 Å². The van der Waals surface area contributed by atoms with Crippen molar-refractivity contribution in [2.24, 2.45) is 11.3 Å². The molecule has 6 aliphatic rings. The SMILES string of the molecule is CC(C)c1ccccc1[C@@H]1COCCN1C1CC2(CCN(c3ccc(C(=O)NS(=O)(=O)c4ccc(NCC5CCC(C)(O)CC5)c([N+](=O)[O-])c4)c(N4c5cc6ccn(COCC[Si](C)(C)C)c6nc5O[C@H]5COCC[C@@H]54)c3)C(C)C2)C1. The molecule has 81 heavy (non-hydrogen) atoms. The maximum absolute atomic E-state index is 15.0. The number of aromatic nitrogens is 2. The maximum Gasteiger partial charge on any atom is 0.293 e. The van der Waals surface area contributed by atoms with Crippen molar-refractivity contribution in [3.63, 3.8) is 0 Å². The number of ether oxygens (including phenoxy) is 4. The van der Waals surface area contributed by atoms with Gasteiger partial charge in [-0.05, 0) is 149 Å². The molecule has 0 bridgehead atoms. The van der Waals surface area contributed by atoms with E-state index >= 15 is 0 Å². The number of nitrogens with zero attached hydrogens (tertiary/aromatic N) is 6. The second-order valence-electron chi connectivity index (χ2n) is 25.9. The monoisotopic (exact) mass is 1150 g/mol. The average Bonchev–Trinajstić information content (AvgIpc) is 3.50. The number of nitro benzene ring substituents is 1. The van der Waals surface area contributed by atoms with Gasteiger partial charge in [0.25, 0.3) is 21.6 Å². The molecule has 3 saturated heterocycles. The van der Waals surface area contributed by atoms with E-state index in [4.69, 9.17) is 23.9 Å². The number of amides is 1. The van der Waals surface area contributed by atoms with Gasteiger partial charge in [0.15, 0.2) is 0 Å². The second-order valence-corrected chi connectivity index (χ2v) is 33.2. The maximum atomic E-state index is 15.0. The summed E-state index contributed by atoms with van der Waals surface area (Å²) < 4.78 is 58.1. The third-order valence-corrected chi connectivity index (χ3v) is 21.4. The molecule has 2 aliphatic carbocycles. The van der Waals surface area contributed by atoms with Crippen LogP contribution in [0.3, 0.4) is 0 Å². The van der Waals surface area contributed by atoms with Gasteiger partial charge in [-0.3, -0.25) is 19.8 Å². The first kappa shape index (κ1) is 57.2. The Kier molecular flexibility index (Phi) is 16.1. The molecule has 18 nitrogen and oxygen atoms in total. The Labute approximate surface area is 478 Å². The highest BCUT2D eigenvalue weighted by Crippen LogP contribution is 2.55. The third-order valence-electron chi connectivity index (χ3n) is 18.4. The summed E-state index contributed by atoms with van der Waals surface area (Å²) in [7, 11) is -5.97. The number of rotatable bonds is 17. The summed E-state index contributed by atoms with van der Waals surface area (Å²) in [4.78, 5) is 38.9. The van der Waals surface area contributed by atoms with Crippen molar-refractivity contribution in [1.82, 2.24) is 19.2 Å². The molecular formula is C61H82N8O10SSi. The van der Waals surface area contributed by atoms with Crippen molar-refractivity contribution in [1.29, 1.82) is 0 Å². The van der Waals surface area contributed by atoms with Crippen LogP contribution in [0.1, 0.15) is 119 Å². The molecular weight excluding hydrogens is 1060 g/mol. The topological polar surface area (TPSA) is 203 Å². The third kappa shape index (κ3) is 12.1. The van der Waals surface area contributed by atoms with Gasteiger partial charge in [-0.15, -0.1) is 0 Å². The number of morpholine rings is 1. The standard InChI is InChI=1S/C61H82N8O10SSi/c1-40(2)47-10-8-9-11-48(47)55-37-77-27-25-67(55)45-34-61(35-45)22-24-66(41(3)33-61)44-12-14-49(58(70)64-80(74,75)46-13-15-50(53(32-46)69(72)73)62-36-42-16-20-60(4,71)21-17-42)52(31-44)68-51-19-26-76-38-56(51)79-59-54(68)30-43-18-23-65(57(43)63-59)39-78-28-29-81(5,6)7/h8-15,18,23,30-32,40-42,45,51,55-56,62,71H,16-17,19-22,24-29,33-39H2,1-7H3,(H,64,70)/t41?,42?,45?,51-,55-,56-,60?,61?/m0/s1. The van der Waals surface area contributed by atoms with Crippen LogP contribution in [0.4, 0.5) is 28.4 Å². The number of hydrogen-bond acceptors (Lipinski definition) is 15. The van der Waals surface area contributed by atoms with Crippen LogP contribution >= 0.6 is 0 Å². The van der Waals surface area contributed by atoms with E-state index in [1.165, 1.54) is 23.3 Å². The van der Waals surface area contributed by atoms with Crippen molar-refractivity contribution in [3.05, 3.63) is 106 Å². The molecule has 1 amide bonds. The molecule has 2 saturated carbocycles. The van der Waals surface area contributed by atoms with Gasteiger partial charge in [0, 0.05) is 76.3 Å². The van der Waals surface area contributed by atoms with E-state index in [-0.39, 0.29) is 47.3 Å². The first-order valence-electron chi connectivity index (χ1n) is 29.4. The van der Waals surface area contributed by atoms with Gasteiger partial charge in [0.1, 0.15) is 29.9 Å². The van der Waals surface area contributed by atoms with Crippen LogP contribution in [0.15, 0.2) is 83.9 Å². The van der Waals surface area contributed by atoms with Crippen molar-refractivity contribution >= 4 is 63.5 Å². The van der Waals surface area contributed by atoms with E-state index in [2.05, 4.69) is 89.4 Å². The number of benzene rings is 3. The number of piperidine rings is 1. The zero-order valence-corrected chi connectivity index (χ0v) is 50.0. The van der Waals surface area contributed by atoms with Crippen molar-refractivity contribution < 1.29 is 42.2 Å². The number of nitrogens with one attached hydrogen (secondary N) is 2. The Balaban J connectivity index is 0.895. The summed E-state index contributed by atoms with van der Waals surface area (Å²) in [6.07, 6.45) is 9.08. The summed E-state index contributed by atoms with van der Waals surface area (Å²) in [5.41, 5.74) is 4.82.